The molecule has 0 aromatic heterocycles. The van der Waals surface area contributed by atoms with E-state index in [1.54, 1.807) is 6.92 Å². The molecule has 4 heteroatoms. The molecule has 0 spiro atoms. The lowest BCUT2D eigenvalue weighted by atomic mass is 10.1. The van der Waals surface area contributed by atoms with E-state index in [-0.39, 0.29) is 6.10 Å². The van der Waals surface area contributed by atoms with Crippen LogP contribution < -0.4 is 10.5 Å². The summed E-state index contributed by atoms with van der Waals surface area (Å²) in [5, 5.41) is 9.07. The van der Waals surface area contributed by atoms with Crippen molar-refractivity contribution in [3.05, 3.63) is 29.8 Å². The lowest BCUT2D eigenvalue weighted by Gasteiger charge is -2.08. The zero-order valence-corrected chi connectivity index (χ0v) is 10.2. The minimum atomic E-state index is -0.325. The highest BCUT2D eigenvalue weighted by atomic mass is 32.1. The molecular formula is C12H17NO2S. The average molecular weight is 239 g/mol. The molecule has 1 atom stereocenters. The summed E-state index contributed by atoms with van der Waals surface area (Å²) in [6, 6.07) is 7.65. The molecule has 1 aromatic rings. The van der Waals surface area contributed by atoms with E-state index in [0.29, 0.717) is 24.4 Å². The van der Waals surface area contributed by atoms with Gasteiger partial charge in [0.1, 0.15) is 5.75 Å². The second-order valence-corrected chi connectivity index (χ2v) is 4.30. The van der Waals surface area contributed by atoms with Crippen LogP contribution >= 0.6 is 12.2 Å². The Morgan fingerprint density at radius 3 is 2.56 bits per heavy atom. The maximum atomic E-state index is 9.07. The van der Waals surface area contributed by atoms with E-state index in [4.69, 9.17) is 27.8 Å². The SMILES string of the molecule is CC(O)CCOc1ccc(CC(N)=S)cc1. The van der Waals surface area contributed by atoms with Gasteiger partial charge in [0.15, 0.2) is 0 Å². The summed E-state index contributed by atoms with van der Waals surface area (Å²) in [6.07, 6.45) is 0.923. The normalized spacial score (nSPS) is 12.1. The van der Waals surface area contributed by atoms with E-state index in [9.17, 15) is 0 Å². The number of aliphatic hydroxyl groups excluding tert-OH is 1. The van der Waals surface area contributed by atoms with E-state index in [1.165, 1.54) is 0 Å². The van der Waals surface area contributed by atoms with Gasteiger partial charge in [0.05, 0.1) is 17.7 Å². The van der Waals surface area contributed by atoms with Crippen LogP contribution in [0.15, 0.2) is 24.3 Å². The minimum Gasteiger partial charge on any atom is -0.493 e. The smallest absolute Gasteiger partial charge is 0.119 e. The Bertz CT molecular complexity index is 335. The second-order valence-electron chi connectivity index (χ2n) is 3.77. The van der Waals surface area contributed by atoms with Gasteiger partial charge in [-0.25, -0.2) is 0 Å². The van der Waals surface area contributed by atoms with Crippen molar-refractivity contribution in [1.29, 1.82) is 0 Å². The fraction of sp³-hybridized carbons (Fsp3) is 0.417. The number of hydrogen-bond donors (Lipinski definition) is 2. The summed E-state index contributed by atoms with van der Waals surface area (Å²) in [6.45, 7) is 2.26. The number of rotatable bonds is 6. The van der Waals surface area contributed by atoms with Crippen molar-refractivity contribution in [2.24, 2.45) is 5.73 Å². The molecule has 0 aliphatic carbocycles. The molecule has 1 unspecified atom stereocenters. The van der Waals surface area contributed by atoms with Gasteiger partial charge in [0, 0.05) is 12.8 Å². The first-order valence-corrected chi connectivity index (χ1v) is 5.67. The third-order valence-corrected chi connectivity index (χ3v) is 2.25. The highest BCUT2D eigenvalue weighted by Gasteiger charge is 1.99. The molecular weight excluding hydrogens is 222 g/mol. The van der Waals surface area contributed by atoms with Gasteiger partial charge in [-0.3, -0.25) is 0 Å². The third kappa shape index (κ3) is 5.09. The van der Waals surface area contributed by atoms with Gasteiger partial charge >= 0.3 is 0 Å². The zero-order chi connectivity index (χ0) is 12.0. The number of nitrogens with two attached hydrogens (primary N) is 1. The first kappa shape index (κ1) is 12.9. The van der Waals surface area contributed by atoms with E-state index in [1.807, 2.05) is 24.3 Å². The Morgan fingerprint density at radius 1 is 1.44 bits per heavy atom. The topological polar surface area (TPSA) is 55.5 Å². The summed E-state index contributed by atoms with van der Waals surface area (Å²) in [5.41, 5.74) is 6.53. The number of aliphatic hydroxyl groups is 1. The number of hydrogen-bond acceptors (Lipinski definition) is 3. The quantitative estimate of drug-likeness (QED) is 0.741. The molecule has 0 saturated carbocycles. The fourth-order valence-corrected chi connectivity index (χ4v) is 1.42. The molecule has 0 fully saturated rings. The standard InChI is InChI=1S/C12H17NO2S/c1-9(14)6-7-15-11-4-2-10(3-5-11)8-12(13)16/h2-5,9,14H,6-8H2,1H3,(H2,13,16). The average Bonchev–Trinajstić information content (AvgIpc) is 2.19. The summed E-state index contributed by atoms with van der Waals surface area (Å²) in [5.74, 6) is 0.798. The molecule has 16 heavy (non-hydrogen) atoms. The molecule has 0 aliphatic heterocycles. The predicted octanol–water partition coefficient (Wildman–Crippen LogP) is 1.66. The van der Waals surface area contributed by atoms with Crippen molar-refractivity contribution in [3.8, 4) is 5.75 Å². The molecule has 0 radical (unpaired) electrons. The van der Waals surface area contributed by atoms with Crippen LogP contribution in [0.3, 0.4) is 0 Å². The molecule has 0 aliphatic rings. The molecule has 1 aromatic carbocycles. The monoisotopic (exact) mass is 239 g/mol. The Hall–Kier alpha value is -1.13. The second kappa shape index (κ2) is 6.45. The van der Waals surface area contributed by atoms with Crippen LogP contribution in [0.25, 0.3) is 0 Å². The molecule has 88 valence electrons. The van der Waals surface area contributed by atoms with Gasteiger partial charge in [-0.05, 0) is 24.6 Å². The van der Waals surface area contributed by atoms with Crippen molar-refractivity contribution in [2.75, 3.05) is 6.61 Å². The van der Waals surface area contributed by atoms with Crippen molar-refractivity contribution >= 4 is 17.2 Å². The van der Waals surface area contributed by atoms with E-state index >= 15 is 0 Å². The molecule has 3 N–H and O–H groups in total. The molecule has 1 rings (SSSR count). The molecule has 0 amide bonds. The Kier molecular flexibility index (Phi) is 5.22. The van der Waals surface area contributed by atoms with Crippen LogP contribution in [0.4, 0.5) is 0 Å². The first-order valence-electron chi connectivity index (χ1n) is 5.26. The Labute approximate surface area is 101 Å². The van der Waals surface area contributed by atoms with Crippen LogP contribution in [0, 0.1) is 0 Å². The number of thiocarbonyl (C=S) groups is 1. The minimum absolute atomic E-state index is 0.325. The van der Waals surface area contributed by atoms with E-state index < -0.39 is 0 Å². The maximum Gasteiger partial charge on any atom is 0.119 e. The van der Waals surface area contributed by atoms with Gasteiger partial charge in [0.2, 0.25) is 0 Å². The highest BCUT2D eigenvalue weighted by molar-refractivity contribution is 7.80. The predicted molar refractivity (Wildman–Crippen MR) is 68.7 cm³/mol. The maximum absolute atomic E-state index is 9.07. The van der Waals surface area contributed by atoms with Gasteiger partial charge in [-0.2, -0.15) is 0 Å². The molecule has 0 saturated heterocycles. The zero-order valence-electron chi connectivity index (χ0n) is 9.35. The largest absolute Gasteiger partial charge is 0.493 e. The first-order chi connectivity index (χ1) is 7.58. The van der Waals surface area contributed by atoms with Gasteiger partial charge in [0.25, 0.3) is 0 Å². The van der Waals surface area contributed by atoms with Crippen molar-refractivity contribution < 1.29 is 9.84 Å². The number of benzene rings is 1. The molecule has 3 nitrogen and oxygen atoms in total. The van der Waals surface area contributed by atoms with Crippen molar-refractivity contribution in [1.82, 2.24) is 0 Å². The fourth-order valence-electron chi connectivity index (χ4n) is 1.25. The summed E-state index contributed by atoms with van der Waals surface area (Å²) in [7, 11) is 0. The van der Waals surface area contributed by atoms with E-state index in [2.05, 4.69) is 0 Å². The number of ether oxygens (including phenoxy) is 1. The van der Waals surface area contributed by atoms with Gasteiger partial charge in [-0.1, -0.05) is 24.4 Å². The van der Waals surface area contributed by atoms with Gasteiger partial charge in [-0.15, -0.1) is 0 Å². The highest BCUT2D eigenvalue weighted by Crippen LogP contribution is 2.13. The molecule has 0 heterocycles. The van der Waals surface area contributed by atoms with E-state index in [0.717, 1.165) is 11.3 Å². The van der Waals surface area contributed by atoms with Crippen molar-refractivity contribution in [3.63, 3.8) is 0 Å². The summed E-state index contributed by atoms with van der Waals surface area (Å²) in [4.78, 5) is 0.489. The van der Waals surface area contributed by atoms with Crippen LogP contribution in [-0.2, 0) is 6.42 Å². The van der Waals surface area contributed by atoms with Gasteiger partial charge < -0.3 is 15.6 Å². The lowest BCUT2D eigenvalue weighted by Crippen LogP contribution is -2.11. The summed E-state index contributed by atoms with van der Waals surface area (Å²) >= 11 is 4.83. The van der Waals surface area contributed by atoms with Crippen LogP contribution in [0.2, 0.25) is 0 Å². The van der Waals surface area contributed by atoms with Crippen LogP contribution in [-0.4, -0.2) is 22.8 Å². The van der Waals surface area contributed by atoms with Crippen molar-refractivity contribution in [2.45, 2.75) is 25.9 Å². The molecule has 0 bridgehead atoms. The Morgan fingerprint density at radius 2 is 2.06 bits per heavy atom. The summed E-state index contributed by atoms with van der Waals surface area (Å²) < 4.78 is 5.45. The lowest BCUT2D eigenvalue weighted by molar-refractivity contribution is 0.155. The Balaban J connectivity index is 2.42. The van der Waals surface area contributed by atoms with Crippen LogP contribution in [0.5, 0.6) is 5.75 Å². The third-order valence-electron chi connectivity index (χ3n) is 2.11. The van der Waals surface area contributed by atoms with Crippen LogP contribution in [0.1, 0.15) is 18.9 Å².